The maximum Gasteiger partial charge on any atom is 0.336 e. The van der Waals surface area contributed by atoms with E-state index >= 15 is 0 Å². The third-order valence-corrected chi connectivity index (χ3v) is 5.21. The maximum atomic E-state index is 12.2. The van der Waals surface area contributed by atoms with Gasteiger partial charge in [0.05, 0.1) is 11.1 Å². The SMILES string of the molecule is O=C(COc1cc2oc(=O)cc(-c3ccccc3)c2cc1Cl)NC[C@@H](O)c1ccccc1. The molecular weight excluding hydrogens is 430 g/mol. The molecule has 1 heterocycles. The number of ether oxygens (including phenoxy) is 1. The molecule has 1 atom stereocenters. The number of carbonyl (C=O) groups is 1. The van der Waals surface area contributed by atoms with E-state index in [1.807, 2.05) is 48.5 Å². The maximum absolute atomic E-state index is 12.2. The molecular formula is C25H20ClNO5. The van der Waals surface area contributed by atoms with Crippen molar-refractivity contribution in [2.45, 2.75) is 6.10 Å². The van der Waals surface area contributed by atoms with Gasteiger partial charge in [0.1, 0.15) is 11.3 Å². The first kappa shape index (κ1) is 21.6. The highest BCUT2D eigenvalue weighted by atomic mass is 35.5. The van der Waals surface area contributed by atoms with Crippen molar-refractivity contribution in [3.8, 4) is 16.9 Å². The lowest BCUT2D eigenvalue weighted by atomic mass is 10.0. The molecule has 6 nitrogen and oxygen atoms in total. The standard InChI is InChI=1S/C25H20ClNO5/c26-20-11-19-18(16-7-3-1-4-8-16)12-25(30)32-22(19)13-23(20)31-15-24(29)27-14-21(28)17-9-5-2-6-10-17/h1-13,21,28H,14-15H2,(H,27,29)/t21-/m1/s1. The van der Waals surface area contributed by atoms with E-state index < -0.39 is 17.6 Å². The monoisotopic (exact) mass is 449 g/mol. The minimum atomic E-state index is -0.824. The number of benzene rings is 3. The Bertz CT molecular complexity index is 1290. The number of hydrogen-bond donors (Lipinski definition) is 2. The van der Waals surface area contributed by atoms with E-state index in [0.717, 1.165) is 5.56 Å². The van der Waals surface area contributed by atoms with Gasteiger partial charge in [0.2, 0.25) is 0 Å². The van der Waals surface area contributed by atoms with Crippen LogP contribution >= 0.6 is 11.6 Å². The highest BCUT2D eigenvalue weighted by molar-refractivity contribution is 6.33. The van der Waals surface area contributed by atoms with Gasteiger partial charge in [0.15, 0.2) is 6.61 Å². The molecule has 0 fully saturated rings. The average Bonchev–Trinajstić information content (AvgIpc) is 2.82. The summed E-state index contributed by atoms with van der Waals surface area (Å²) >= 11 is 6.38. The fourth-order valence-corrected chi connectivity index (χ4v) is 3.55. The first-order valence-corrected chi connectivity index (χ1v) is 10.3. The Balaban J connectivity index is 1.47. The minimum Gasteiger partial charge on any atom is -0.482 e. The van der Waals surface area contributed by atoms with Gasteiger partial charge in [-0.3, -0.25) is 4.79 Å². The van der Waals surface area contributed by atoms with Gasteiger partial charge in [0, 0.05) is 24.1 Å². The lowest BCUT2D eigenvalue weighted by Crippen LogP contribution is -2.32. The number of hydrogen-bond acceptors (Lipinski definition) is 5. The molecule has 1 amide bonds. The number of amides is 1. The molecule has 3 aromatic carbocycles. The molecule has 1 aromatic heterocycles. The van der Waals surface area contributed by atoms with Gasteiger partial charge in [-0.2, -0.15) is 0 Å². The Morgan fingerprint density at radius 2 is 1.72 bits per heavy atom. The van der Waals surface area contributed by atoms with Gasteiger partial charge in [0.25, 0.3) is 5.91 Å². The second kappa shape index (κ2) is 9.68. The summed E-state index contributed by atoms with van der Waals surface area (Å²) in [5.74, 6) is -0.207. The summed E-state index contributed by atoms with van der Waals surface area (Å²) in [6, 6.07) is 23.0. The van der Waals surface area contributed by atoms with E-state index in [9.17, 15) is 14.7 Å². The topological polar surface area (TPSA) is 88.8 Å². The predicted octanol–water partition coefficient (Wildman–Crippen LogP) is 4.34. The van der Waals surface area contributed by atoms with Gasteiger partial charge >= 0.3 is 5.63 Å². The number of rotatable bonds is 7. The van der Waals surface area contributed by atoms with Crippen LogP contribution < -0.4 is 15.7 Å². The second-order valence-corrected chi connectivity index (χ2v) is 7.55. The molecule has 4 aromatic rings. The van der Waals surface area contributed by atoms with Crippen molar-refractivity contribution in [2.24, 2.45) is 0 Å². The molecule has 0 spiro atoms. The van der Waals surface area contributed by atoms with Gasteiger partial charge in [-0.15, -0.1) is 0 Å². The van der Waals surface area contributed by atoms with Crippen molar-refractivity contribution in [1.29, 1.82) is 0 Å². The molecule has 0 saturated heterocycles. The summed E-state index contributed by atoms with van der Waals surface area (Å²) in [4.78, 5) is 24.2. The van der Waals surface area contributed by atoms with Crippen LogP contribution in [0.2, 0.25) is 5.02 Å². The van der Waals surface area contributed by atoms with Crippen LogP contribution in [0.4, 0.5) is 0 Å². The van der Waals surface area contributed by atoms with Crippen molar-refractivity contribution in [1.82, 2.24) is 5.32 Å². The number of carbonyl (C=O) groups excluding carboxylic acids is 1. The Hall–Kier alpha value is -3.61. The lowest BCUT2D eigenvalue weighted by molar-refractivity contribution is -0.123. The minimum absolute atomic E-state index is 0.0486. The van der Waals surface area contributed by atoms with Crippen LogP contribution in [0.1, 0.15) is 11.7 Å². The molecule has 2 N–H and O–H groups in total. The zero-order valence-corrected chi connectivity index (χ0v) is 17.7. The normalized spacial score (nSPS) is 11.8. The van der Waals surface area contributed by atoms with Crippen molar-refractivity contribution in [2.75, 3.05) is 13.2 Å². The largest absolute Gasteiger partial charge is 0.482 e. The number of fused-ring (bicyclic) bond motifs is 1. The molecule has 0 saturated carbocycles. The lowest BCUT2D eigenvalue weighted by Gasteiger charge is -2.13. The van der Waals surface area contributed by atoms with Crippen LogP contribution in [0.3, 0.4) is 0 Å². The highest BCUT2D eigenvalue weighted by Crippen LogP contribution is 2.34. The highest BCUT2D eigenvalue weighted by Gasteiger charge is 2.14. The zero-order chi connectivity index (χ0) is 22.5. The van der Waals surface area contributed by atoms with E-state index in [0.29, 0.717) is 22.1 Å². The Morgan fingerprint density at radius 1 is 1.03 bits per heavy atom. The predicted molar refractivity (Wildman–Crippen MR) is 123 cm³/mol. The quantitative estimate of drug-likeness (QED) is 0.410. The molecule has 0 radical (unpaired) electrons. The van der Waals surface area contributed by atoms with Crippen LogP contribution in [-0.2, 0) is 4.79 Å². The fraction of sp³-hybridized carbons (Fsp3) is 0.120. The first-order chi connectivity index (χ1) is 15.5. The molecule has 32 heavy (non-hydrogen) atoms. The fourth-order valence-electron chi connectivity index (χ4n) is 3.33. The molecule has 0 unspecified atom stereocenters. The van der Waals surface area contributed by atoms with Crippen LogP contribution in [0, 0.1) is 0 Å². The summed E-state index contributed by atoms with van der Waals surface area (Å²) in [7, 11) is 0. The summed E-state index contributed by atoms with van der Waals surface area (Å²) in [5.41, 5.74) is 2.05. The second-order valence-electron chi connectivity index (χ2n) is 7.14. The number of nitrogens with one attached hydrogen (secondary N) is 1. The summed E-state index contributed by atoms with van der Waals surface area (Å²) in [6.45, 7) is -0.262. The van der Waals surface area contributed by atoms with E-state index in [-0.39, 0.29) is 23.9 Å². The molecule has 0 aliphatic heterocycles. The Labute approximate surface area is 189 Å². The molecule has 7 heteroatoms. The number of aliphatic hydroxyl groups excluding tert-OH is 1. The van der Waals surface area contributed by atoms with Gasteiger partial charge in [-0.25, -0.2) is 4.79 Å². The van der Waals surface area contributed by atoms with E-state index in [2.05, 4.69) is 5.32 Å². The van der Waals surface area contributed by atoms with Crippen LogP contribution in [-0.4, -0.2) is 24.2 Å². The third kappa shape index (κ3) is 4.99. The van der Waals surface area contributed by atoms with Gasteiger partial charge < -0.3 is 19.6 Å². The molecule has 0 bridgehead atoms. The van der Waals surface area contributed by atoms with Gasteiger partial charge in [-0.1, -0.05) is 72.3 Å². The van der Waals surface area contributed by atoms with E-state index in [4.69, 9.17) is 20.8 Å². The molecule has 0 aliphatic carbocycles. The molecule has 4 rings (SSSR count). The zero-order valence-electron chi connectivity index (χ0n) is 17.0. The number of aliphatic hydroxyl groups is 1. The average molecular weight is 450 g/mol. The van der Waals surface area contributed by atoms with Crippen LogP contribution in [0.25, 0.3) is 22.1 Å². The van der Waals surface area contributed by atoms with Crippen LogP contribution in [0.15, 0.2) is 88.1 Å². The van der Waals surface area contributed by atoms with Crippen molar-refractivity contribution < 1.29 is 19.1 Å². The summed E-state index contributed by atoms with van der Waals surface area (Å²) < 4.78 is 10.9. The smallest absolute Gasteiger partial charge is 0.336 e. The Kier molecular flexibility index (Phi) is 6.54. The molecule has 0 aliphatic rings. The number of halogens is 1. The van der Waals surface area contributed by atoms with E-state index in [1.165, 1.54) is 12.1 Å². The van der Waals surface area contributed by atoms with Crippen molar-refractivity contribution >= 4 is 28.5 Å². The van der Waals surface area contributed by atoms with Crippen molar-refractivity contribution in [3.05, 3.63) is 99.9 Å². The first-order valence-electron chi connectivity index (χ1n) is 9.96. The summed E-state index contributed by atoms with van der Waals surface area (Å²) in [5, 5.41) is 13.7. The Morgan fingerprint density at radius 3 is 2.44 bits per heavy atom. The van der Waals surface area contributed by atoms with Crippen LogP contribution in [0.5, 0.6) is 5.75 Å². The van der Waals surface area contributed by atoms with E-state index in [1.54, 1.807) is 18.2 Å². The summed E-state index contributed by atoms with van der Waals surface area (Å²) in [6.07, 6.45) is -0.824. The van der Waals surface area contributed by atoms with Crippen molar-refractivity contribution in [3.63, 3.8) is 0 Å². The molecule has 162 valence electrons. The van der Waals surface area contributed by atoms with Gasteiger partial charge in [-0.05, 0) is 22.8 Å². The third-order valence-electron chi connectivity index (χ3n) is 4.92.